The predicted octanol–water partition coefficient (Wildman–Crippen LogP) is 10.9. The molecule has 6 nitrogen and oxygen atoms in total. The first-order valence-electron chi connectivity index (χ1n) is 16.0. The van der Waals surface area contributed by atoms with Crippen molar-refractivity contribution in [2.75, 3.05) is 0 Å². The molecule has 11 rings (SSSR count). The highest BCUT2D eigenvalue weighted by Gasteiger charge is 2.22. The number of hydrogen-bond donors (Lipinski definition) is 0. The maximum Gasteiger partial charge on any atom is 0.166 e. The lowest BCUT2D eigenvalue weighted by molar-refractivity contribution is 0.669. The number of imidazole rings is 2. The quantitative estimate of drug-likeness (QED) is 0.194. The molecule has 0 unspecified atom stereocenters. The minimum absolute atomic E-state index is 0.895. The summed E-state index contributed by atoms with van der Waals surface area (Å²) in [7, 11) is 0. The Kier molecular flexibility index (Phi) is 5.10. The van der Waals surface area contributed by atoms with Gasteiger partial charge in [-0.3, -0.25) is 8.97 Å². The molecule has 0 fully saturated rings. The van der Waals surface area contributed by atoms with Gasteiger partial charge in [-0.2, -0.15) is 0 Å². The van der Waals surface area contributed by atoms with Gasteiger partial charge in [-0.1, -0.05) is 60.7 Å². The van der Waals surface area contributed by atoms with Gasteiger partial charge >= 0.3 is 0 Å². The molecule has 0 spiro atoms. The summed E-state index contributed by atoms with van der Waals surface area (Å²) in [4.78, 5) is 11.3. The third kappa shape index (κ3) is 3.45. The van der Waals surface area contributed by atoms with E-state index in [4.69, 9.17) is 14.4 Å². The van der Waals surface area contributed by atoms with Crippen molar-refractivity contribution in [3.05, 3.63) is 139 Å². The number of benzene rings is 5. The maximum atomic E-state index is 6.15. The maximum absolute atomic E-state index is 6.15. The van der Waals surface area contributed by atoms with Crippen molar-refractivity contribution in [1.29, 1.82) is 0 Å². The number of aryl methyl sites for hydroxylation is 1. The van der Waals surface area contributed by atoms with Crippen LogP contribution < -0.4 is 0 Å². The zero-order valence-corrected chi connectivity index (χ0v) is 26.6. The second kappa shape index (κ2) is 9.44. The zero-order chi connectivity index (χ0) is 31.5. The number of rotatable bonds is 3. The third-order valence-electron chi connectivity index (χ3n) is 9.65. The van der Waals surface area contributed by atoms with E-state index in [-0.39, 0.29) is 0 Å². The van der Waals surface area contributed by atoms with Crippen LogP contribution in [0.3, 0.4) is 0 Å². The van der Waals surface area contributed by atoms with E-state index < -0.39 is 0 Å². The number of pyridine rings is 1. The van der Waals surface area contributed by atoms with Crippen molar-refractivity contribution in [2.45, 2.75) is 6.92 Å². The predicted molar refractivity (Wildman–Crippen MR) is 197 cm³/mol. The molecule has 48 heavy (non-hydrogen) atoms. The van der Waals surface area contributed by atoms with Crippen molar-refractivity contribution >= 4 is 82.0 Å². The molecule has 0 aliphatic carbocycles. The van der Waals surface area contributed by atoms with E-state index in [1.54, 1.807) is 11.3 Å². The Bertz CT molecular complexity index is 3080. The molecule has 0 aliphatic heterocycles. The molecule has 0 saturated heterocycles. The number of hydrogen-bond acceptors (Lipinski definition) is 4. The highest BCUT2D eigenvalue weighted by Crippen LogP contribution is 2.40. The molecule has 0 saturated carbocycles. The molecule has 6 heterocycles. The van der Waals surface area contributed by atoms with Crippen LogP contribution in [0.15, 0.2) is 138 Å². The molecule has 0 aliphatic rings. The van der Waals surface area contributed by atoms with Gasteiger partial charge in [0.15, 0.2) is 5.65 Å². The monoisotopic (exact) mass is 635 g/mol. The largest absolute Gasteiger partial charge is 0.456 e. The average molecular weight is 636 g/mol. The molecule has 6 aromatic heterocycles. The first kappa shape index (κ1) is 25.9. The normalized spacial score (nSPS) is 12.3. The van der Waals surface area contributed by atoms with Crippen LogP contribution in [0.2, 0.25) is 0 Å². The summed E-state index contributed by atoms with van der Waals surface area (Å²) in [5.41, 5.74) is 11.3. The minimum Gasteiger partial charge on any atom is -0.456 e. The van der Waals surface area contributed by atoms with E-state index in [1.165, 1.54) is 20.3 Å². The van der Waals surface area contributed by atoms with E-state index in [9.17, 15) is 0 Å². The van der Waals surface area contributed by atoms with Crippen molar-refractivity contribution in [3.8, 4) is 22.6 Å². The lowest BCUT2D eigenvalue weighted by atomic mass is 10.1. The SMILES string of the molecule is Cc1cc2c(s1)c1c(ncn1-c1ccccc1)n1c(-c3ccc4c(c3)c3ccccc3n4-c3ccc4oc5ccccc5c4c3)cnc21. The number of thiophene rings is 1. The van der Waals surface area contributed by atoms with Gasteiger partial charge in [-0.15, -0.1) is 11.3 Å². The first-order valence-corrected chi connectivity index (χ1v) is 16.8. The molecule has 7 heteroatoms. The van der Waals surface area contributed by atoms with Crippen LogP contribution in [0.4, 0.5) is 0 Å². The summed E-state index contributed by atoms with van der Waals surface area (Å²) >= 11 is 1.80. The Balaban J connectivity index is 1.17. The summed E-state index contributed by atoms with van der Waals surface area (Å²) < 4.78 is 14.2. The molecule has 11 aromatic rings. The Morgan fingerprint density at radius 1 is 0.604 bits per heavy atom. The summed E-state index contributed by atoms with van der Waals surface area (Å²) in [6.07, 6.45) is 3.94. The highest BCUT2D eigenvalue weighted by atomic mass is 32.1. The Morgan fingerprint density at radius 2 is 1.40 bits per heavy atom. The highest BCUT2D eigenvalue weighted by molar-refractivity contribution is 7.20. The van der Waals surface area contributed by atoms with Crippen LogP contribution in [0, 0.1) is 6.92 Å². The molecule has 0 atom stereocenters. The van der Waals surface area contributed by atoms with E-state index in [2.05, 4.69) is 124 Å². The van der Waals surface area contributed by atoms with Crippen molar-refractivity contribution in [2.24, 2.45) is 0 Å². The van der Waals surface area contributed by atoms with Crippen molar-refractivity contribution in [1.82, 2.24) is 23.5 Å². The van der Waals surface area contributed by atoms with Crippen LogP contribution in [-0.4, -0.2) is 23.5 Å². The van der Waals surface area contributed by atoms with Crippen LogP contribution in [0.5, 0.6) is 0 Å². The summed E-state index contributed by atoms with van der Waals surface area (Å²) in [6.45, 7) is 2.16. The van der Waals surface area contributed by atoms with Crippen molar-refractivity contribution < 1.29 is 4.42 Å². The Morgan fingerprint density at radius 3 is 2.31 bits per heavy atom. The molecular formula is C41H25N5OS. The number of furan rings is 1. The van der Waals surface area contributed by atoms with Crippen LogP contribution in [-0.2, 0) is 0 Å². The molecule has 0 N–H and O–H groups in total. The van der Waals surface area contributed by atoms with Gasteiger partial charge in [0.25, 0.3) is 0 Å². The van der Waals surface area contributed by atoms with Crippen LogP contribution in [0.25, 0.3) is 93.3 Å². The summed E-state index contributed by atoms with van der Waals surface area (Å²) in [5, 5.41) is 5.78. The lowest BCUT2D eigenvalue weighted by Gasteiger charge is -2.09. The van der Waals surface area contributed by atoms with Crippen molar-refractivity contribution in [3.63, 3.8) is 0 Å². The van der Waals surface area contributed by atoms with E-state index in [1.807, 2.05) is 30.7 Å². The number of para-hydroxylation sites is 3. The zero-order valence-electron chi connectivity index (χ0n) is 25.8. The average Bonchev–Trinajstić information content (AvgIpc) is 3.95. The third-order valence-corrected chi connectivity index (χ3v) is 10.7. The fourth-order valence-electron chi connectivity index (χ4n) is 7.58. The second-order valence-electron chi connectivity index (χ2n) is 12.4. The molecule has 226 valence electrons. The van der Waals surface area contributed by atoms with Gasteiger partial charge < -0.3 is 8.98 Å². The number of nitrogens with zero attached hydrogens (tertiary/aromatic N) is 5. The Hall–Kier alpha value is -6.18. The number of fused-ring (bicyclic) bond motifs is 12. The van der Waals surface area contributed by atoms with Gasteiger partial charge in [0.1, 0.15) is 28.7 Å². The first-order chi connectivity index (χ1) is 23.7. The summed E-state index contributed by atoms with van der Waals surface area (Å²) in [6, 6.07) is 42.9. The fourth-order valence-corrected chi connectivity index (χ4v) is 8.62. The van der Waals surface area contributed by atoms with Crippen LogP contribution in [0.1, 0.15) is 4.88 Å². The standard InChI is InChI=1S/C41H25N5OS/c1-24-19-32-39(48-24)38-41(43-23-44(38)26-9-3-2-4-10-26)46-35(22-42-40(32)46)25-15-17-34-30(20-25)28-11-5-7-13-33(28)45(34)27-16-18-37-31(21-27)29-12-6-8-14-36(29)47-37/h2-23H,1H3. The van der Waals surface area contributed by atoms with Crippen LogP contribution >= 0.6 is 11.3 Å². The smallest absolute Gasteiger partial charge is 0.166 e. The summed E-state index contributed by atoms with van der Waals surface area (Å²) in [5.74, 6) is 0. The van der Waals surface area contributed by atoms with E-state index in [0.29, 0.717) is 0 Å². The molecule has 0 amide bonds. The van der Waals surface area contributed by atoms with E-state index in [0.717, 1.165) is 77.8 Å². The second-order valence-corrected chi connectivity index (χ2v) is 13.6. The Labute approximate surface area is 277 Å². The fraction of sp³-hybridized carbons (Fsp3) is 0.0244. The number of aromatic nitrogens is 5. The van der Waals surface area contributed by atoms with Gasteiger partial charge in [-0.05, 0) is 67.6 Å². The molecule has 0 bridgehead atoms. The van der Waals surface area contributed by atoms with Gasteiger partial charge in [0, 0.05) is 48.7 Å². The minimum atomic E-state index is 0.895. The topological polar surface area (TPSA) is 53.2 Å². The molecular weight excluding hydrogens is 611 g/mol. The van der Waals surface area contributed by atoms with E-state index >= 15 is 0 Å². The molecule has 5 aromatic carbocycles. The lowest BCUT2D eigenvalue weighted by Crippen LogP contribution is -1.96. The van der Waals surface area contributed by atoms with Gasteiger partial charge in [0.2, 0.25) is 0 Å². The molecule has 0 radical (unpaired) electrons. The van der Waals surface area contributed by atoms with Gasteiger partial charge in [0.05, 0.1) is 27.6 Å². The van der Waals surface area contributed by atoms with Gasteiger partial charge in [-0.25, -0.2) is 9.97 Å².